The zero-order valence-corrected chi connectivity index (χ0v) is 15.7. The number of pyridine rings is 1. The summed E-state index contributed by atoms with van der Waals surface area (Å²) in [5.41, 5.74) is 2.20. The molecule has 1 atom stereocenters. The summed E-state index contributed by atoms with van der Waals surface area (Å²) in [6.45, 7) is 2.45. The van der Waals surface area contributed by atoms with Gasteiger partial charge in [0.15, 0.2) is 6.10 Å². The highest BCUT2D eigenvalue weighted by Gasteiger charge is 2.25. The number of amides is 1. The van der Waals surface area contributed by atoms with Crippen molar-refractivity contribution in [3.8, 4) is 0 Å². The van der Waals surface area contributed by atoms with E-state index < -0.39 is 12.1 Å². The molecule has 1 aromatic heterocycles. The molecule has 0 bridgehead atoms. The first-order valence-corrected chi connectivity index (χ1v) is 9.12. The van der Waals surface area contributed by atoms with E-state index in [0.29, 0.717) is 13.1 Å². The lowest BCUT2D eigenvalue weighted by Crippen LogP contribution is -2.39. The number of nitrogens with zero attached hydrogens (tertiary/aromatic N) is 2. The number of rotatable bonds is 7. The van der Waals surface area contributed by atoms with Gasteiger partial charge in [0.1, 0.15) is 5.69 Å². The lowest BCUT2D eigenvalue weighted by Gasteiger charge is -2.26. The first kappa shape index (κ1) is 19.3. The van der Waals surface area contributed by atoms with Crippen LogP contribution in [0.4, 0.5) is 0 Å². The molecule has 0 radical (unpaired) electrons. The molecule has 0 fully saturated rings. The standard InChI is InChI=1S/C23H22N2O3/c1-18(28-23(27)21-14-8-9-15-24-21)22(26)25(16-19-10-4-2-5-11-19)17-20-12-6-3-7-13-20/h2-15,18H,16-17H2,1H3/t18-/m0/s1. The molecule has 0 N–H and O–H groups in total. The third-order valence-electron chi connectivity index (χ3n) is 4.25. The number of hydrogen-bond donors (Lipinski definition) is 0. The van der Waals surface area contributed by atoms with E-state index in [0.717, 1.165) is 11.1 Å². The molecule has 3 aromatic rings. The topological polar surface area (TPSA) is 59.5 Å². The van der Waals surface area contributed by atoms with Gasteiger partial charge in [-0.25, -0.2) is 9.78 Å². The number of esters is 1. The van der Waals surface area contributed by atoms with Gasteiger partial charge in [0, 0.05) is 19.3 Å². The van der Waals surface area contributed by atoms with Crippen molar-refractivity contribution in [2.45, 2.75) is 26.1 Å². The quantitative estimate of drug-likeness (QED) is 0.589. The Morgan fingerprint density at radius 1 is 0.857 bits per heavy atom. The number of aromatic nitrogens is 1. The Kier molecular flexibility index (Phi) is 6.52. The molecule has 0 aliphatic heterocycles. The summed E-state index contributed by atoms with van der Waals surface area (Å²) in [5.74, 6) is -0.863. The van der Waals surface area contributed by atoms with Gasteiger partial charge in [-0.1, -0.05) is 66.7 Å². The van der Waals surface area contributed by atoms with Crippen LogP contribution in [0.1, 0.15) is 28.5 Å². The predicted octanol–water partition coefficient (Wildman–Crippen LogP) is 3.86. The number of carbonyl (C=O) groups excluding carboxylic acids is 2. The van der Waals surface area contributed by atoms with Gasteiger partial charge in [-0.05, 0) is 30.2 Å². The molecule has 0 saturated carbocycles. The smallest absolute Gasteiger partial charge is 0.357 e. The second kappa shape index (κ2) is 9.46. The van der Waals surface area contributed by atoms with Crippen LogP contribution < -0.4 is 0 Å². The highest BCUT2D eigenvalue weighted by atomic mass is 16.5. The van der Waals surface area contributed by atoms with Crippen LogP contribution in [0.2, 0.25) is 0 Å². The Bertz CT molecular complexity index is 857. The van der Waals surface area contributed by atoms with Crippen LogP contribution in [0.25, 0.3) is 0 Å². The molecule has 142 valence electrons. The third kappa shape index (κ3) is 5.27. The van der Waals surface area contributed by atoms with Gasteiger partial charge >= 0.3 is 5.97 Å². The van der Waals surface area contributed by atoms with Crippen LogP contribution in [0.3, 0.4) is 0 Å². The largest absolute Gasteiger partial charge is 0.448 e. The number of hydrogen-bond acceptors (Lipinski definition) is 4. The normalized spacial score (nSPS) is 11.5. The Labute approximate surface area is 164 Å². The Hall–Kier alpha value is -3.47. The zero-order chi connectivity index (χ0) is 19.8. The molecule has 0 unspecified atom stereocenters. The summed E-state index contributed by atoms with van der Waals surface area (Å²) < 4.78 is 5.36. The van der Waals surface area contributed by atoms with Gasteiger partial charge in [0.05, 0.1) is 0 Å². The first-order chi connectivity index (χ1) is 13.6. The van der Waals surface area contributed by atoms with Crippen LogP contribution in [-0.2, 0) is 22.6 Å². The van der Waals surface area contributed by atoms with E-state index in [1.807, 2.05) is 60.7 Å². The van der Waals surface area contributed by atoms with Crippen LogP contribution >= 0.6 is 0 Å². The van der Waals surface area contributed by atoms with Gasteiger partial charge in [0.25, 0.3) is 5.91 Å². The number of carbonyl (C=O) groups is 2. The molecule has 0 spiro atoms. The van der Waals surface area contributed by atoms with Crippen molar-refractivity contribution in [1.82, 2.24) is 9.88 Å². The summed E-state index contributed by atoms with van der Waals surface area (Å²) in [6.07, 6.45) is 0.599. The van der Waals surface area contributed by atoms with Crippen LogP contribution in [-0.4, -0.2) is 27.9 Å². The van der Waals surface area contributed by atoms with Gasteiger partial charge in [-0.15, -0.1) is 0 Å². The SMILES string of the molecule is C[C@H](OC(=O)c1ccccn1)C(=O)N(Cc1ccccc1)Cc1ccccc1. The number of ether oxygens (including phenoxy) is 1. The molecule has 3 rings (SSSR count). The van der Waals surface area contributed by atoms with Gasteiger partial charge < -0.3 is 9.64 Å². The summed E-state index contributed by atoms with van der Waals surface area (Å²) in [4.78, 5) is 31.0. The van der Waals surface area contributed by atoms with Crippen molar-refractivity contribution in [1.29, 1.82) is 0 Å². The molecule has 0 saturated heterocycles. The lowest BCUT2D eigenvalue weighted by molar-refractivity contribution is -0.141. The lowest BCUT2D eigenvalue weighted by atomic mass is 10.1. The van der Waals surface area contributed by atoms with E-state index in [-0.39, 0.29) is 11.6 Å². The van der Waals surface area contributed by atoms with Gasteiger partial charge in [-0.2, -0.15) is 0 Å². The molecule has 0 aliphatic rings. The summed E-state index contributed by atoms with van der Waals surface area (Å²) in [6, 6.07) is 24.5. The average molecular weight is 374 g/mol. The average Bonchev–Trinajstić information content (AvgIpc) is 2.75. The van der Waals surface area contributed by atoms with Crippen molar-refractivity contribution >= 4 is 11.9 Å². The van der Waals surface area contributed by atoms with Crippen molar-refractivity contribution in [2.24, 2.45) is 0 Å². The fourth-order valence-electron chi connectivity index (χ4n) is 2.83. The Balaban J connectivity index is 1.74. The van der Waals surface area contributed by atoms with Crippen molar-refractivity contribution in [3.05, 3.63) is 102 Å². The van der Waals surface area contributed by atoms with Crippen LogP contribution in [0, 0.1) is 0 Å². The zero-order valence-electron chi connectivity index (χ0n) is 15.7. The first-order valence-electron chi connectivity index (χ1n) is 9.12. The van der Waals surface area contributed by atoms with Crippen LogP contribution in [0.5, 0.6) is 0 Å². The maximum absolute atomic E-state index is 13.0. The third-order valence-corrected chi connectivity index (χ3v) is 4.25. The highest BCUT2D eigenvalue weighted by Crippen LogP contribution is 2.13. The second-order valence-corrected chi connectivity index (χ2v) is 6.43. The van der Waals surface area contributed by atoms with Gasteiger partial charge in [0.2, 0.25) is 0 Å². The van der Waals surface area contributed by atoms with E-state index in [2.05, 4.69) is 4.98 Å². The maximum Gasteiger partial charge on any atom is 0.357 e. The molecular weight excluding hydrogens is 352 g/mol. The van der Waals surface area contributed by atoms with Crippen molar-refractivity contribution in [3.63, 3.8) is 0 Å². The minimum atomic E-state index is -0.915. The molecule has 1 heterocycles. The predicted molar refractivity (Wildman–Crippen MR) is 106 cm³/mol. The second-order valence-electron chi connectivity index (χ2n) is 6.43. The summed E-state index contributed by atoms with van der Waals surface area (Å²) >= 11 is 0. The molecular formula is C23H22N2O3. The van der Waals surface area contributed by atoms with E-state index in [1.54, 1.807) is 30.0 Å². The van der Waals surface area contributed by atoms with E-state index in [1.165, 1.54) is 6.20 Å². The van der Waals surface area contributed by atoms with Crippen LogP contribution in [0.15, 0.2) is 85.1 Å². The highest BCUT2D eigenvalue weighted by molar-refractivity contribution is 5.90. The Morgan fingerprint density at radius 3 is 1.89 bits per heavy atom. The van der Waals surface area contributed by atoms with Crippen molar-refractivity contribution in [2.75, 3.05) is 0 Å². The van der Waals surface area contributed by atoms with E-state index >= 15 is 0 Å². The van der Waals surface area contributed by atoms with Crippen molar-refractivity contribution < 1.29 is 14.3 Å². The molecule has 2 aromatic carbocycles. The fraction of sp³-hybridized carbons (Fsp3) is 0.174. The molecule has 28 heavy (non-hydrogen) atoms. The fourth-order valence-corrected chi connectivity index (χ4v) is 2.83. The molecule has 5 heteroatoms. The Morgan fingerprint density at radius 2 is 1.39 bits per heavy atom. The van der Waals surface area contributed by atoms with Gasteiger partial charge in [-0.3, -0.25) is 4.79 Å². The minimum Gasteiger partial charge on any atom is -0.448 e. The number of benzene rings is 2. The monoisotopic (exact) mass is 374 g/mol. The maximum atomic E-state index is 13.0. The molecule has 5 nitrogen and oxygen atoms in total. The summed E-state index contributed by atoms with van der Waals surface area (Å²) in [5, 5.41) is 0. The van der Waals surface area contributed by atoms with E-state index in [4.69, 9.17) is 4.74 Å². The minimum absolute atomic E-state index is 0.180. The van der Waals surface area contributed by atoms with E-state index in [9.17, 15) is 9.59 Å². The molecule has 0 aliphatic carbocycles. The summed E-state index contributed by atoms with van der Waals surface area (Å²) in [7, 11) is 0. The molecule has 1 amide bonds.